The van der Waals surface area contributed by atoms with Crippen molar-refractivity contribution in [3.63, 3.8) is 0 Å². The van der Waals surface area contributed by atoms with Crippen LogP contribution in [0.1, 0.15) is 35.2 Å². The van der Waals surface area contributed by atoms with Crippen LogP contribution in [0.15, 0.2) is 41.3 Å². The number of aliphatic hydroxyl groups excluding tert-OH is 1. The number of nitrogens with zero attached hydrogens (tertiary/aromatic N) is 3. The van der Waals surface area contributed by atoms with Gasteiger partial charge in [-0.05, 0) is 49.7 Å². The van der Waals surface area contributed by atoms with Gasteiger partial charge in [0.15, 0.2) is 0 Å². The lowest BCUT2D eigenvalue weighted by Gasteiger charge is -2.35. The van der Waals surface area contributed by atoms with Crippen LogP contribution in [0.25, 0.3) is 16.9 Å². The molecule has 0 radical (unpaired) electrons. The van der Waals surface area contributed by atoms with Gasteiger partial charge in [-0.3, -0.25) is 9.69 Å². The lowest BCUT2D eigenvalue weighted by atomic mass is 10.0. The number of hydrogen-bond donors (Lipinski definition) is 3. The molecule has 1 amide bonds. The monoisotopic (exact) mass is 463 g/mol. The summed E-state index contributed by atoms with van der Waals surface area (Å²) >= 11 is 0. The van der Waals surface area contributed by atoms with E-state index in [1.54, 1.807) is 12.1 Å². The number of amides is 1. The number of fused-ring (bicyclic) bond motifs is 1. The van der Waals surface area contributed by atoms with Crippen molar-refractivity contribution in [3.8, 4) is 5.82 Å². The Hall–Kier alpha value is -3.18. The van der Waals surface area contributed by atoms with Gasteiger partial charge in [0.05, 0.1) is 23.2 Å². The maximum atomic E-state index is 12.8. The number of aliphatic hydroxyl groups is 1. The molecule has 1 aromatic carbocycles. The summed E-state index contributed by atoms with van der Waals surface area (Å²) < 4.78 is 39.6. The van der Waals surface area contributed by atoms with Crippen LogP contribution < -0.4 is 11.0 Å². The van der Waals surface area contributed by atoms with Gasteiger partial charge in [0.2, 0.25) is 0 Å². The van der Waals surface area contributed by atoms with Crippen molar-refractivity contribution in [1.82, 2.24) is 24.8 Å². The lowest BCUT2D eigenvalue weighted by molar-refractivity contribution is -0.137. The number of H-pyrrole nitrogens is 1. The molecular formula is C22H24F3N5O3. The predicted molar refractivity (Wildman–Crippen MR) is 115 cm³/mol. The molecule has 0 spiro atoms. The van der Waals surface area contributed by atoms with Crippen molar-refractivity contribution in [2.75, 3.05) is 26.2 Å². The van der Waals surface area contributed by atoms with Gasteiger partial charge in [-0.2, -0.15) is 13.2 Å². The molecule has 33 heavy (non-hydrogen) atoms. The lowest BCUT2D eigenvalue weighted by Crippen LogP contribution is -2.47. The third kappa shape index (κ3) is 4.93. The van der Waals surface area contributed by atoms with E-state index in [1.807, 2.05) is 0 Å². The van der Waals surface area contributed by atoms with Gasteiger partial charge in [0, 0.05) is 30.9 Å². The SMILES string of the molecule is O=C(NC[C@H]1CCCCN1CCO)c1ccc2[nH]c(=O)n(-c3ccc(C(F)(F)F)cn3)c2c1. The van der Waals surface area contributed by atoms with Crippen LogP contribution >= 0.6 is 0 Å². The van der Waals surface area contributed by atoms with Crippen molar-refractivity contribution in [3.05, 3.63) is 58.1 Å². The number of piperidine rings is 1. The first kappa shape index (κ1) is 23.0. The summed E-state index contributed by atoms with van der Waals surface area (Å²) in [5, 5.41) is 12.2. The molecule has 1 saturated heterocycles. The molecule has 1 aliphatic heterocycles. The second-order valence-electron chi connectivity index (χ2n) is 8.02. The third-order valence-corrected chi connectivity index (χ3v) is 5.88. The number of hydrogen-bond acceptors (Lipinski definition) is 5. The quantitative estimate of drug-likeness (QED) is 0.521. The first-order chi connectivity index (χ1) is 15.8. The Morgan fingerprint density at radius 2 is 2.06 bits per heavy atom. The van der Waals surface area contributed by atoms with E-state index in [9.17, 15) is 27.9 Å². The number of carbonyl (C=O) groups is 1. The van der Waals surface area contributed by atoms with Crippen molar-refractivity contribution < 1.29 is 23.1 Å². The fourth-order valence-electron chi connectivity index (χ4n) is 4.18. The van der Waals surface area contributed by atoms with Crippen LogP contribution in [0.2, 0.25) is 0 Å². The van der Waals surface area contributed by atoms with Gasteiger partial charge in [-0.25, -0.2) is 14.3 Å². The van der Waals surface area contributed by atoms with E-state index in [0.29, 0.717) is 35.9 Å². The maximum Gasteiger partial charge on any atom is 0.417 e. The van der Waals surface area contributed by atoms with Crippen molar-refractivity contribution in [1.29, 1.82) is 0 Å². The Morgan fingerprint density at radius 1 is 1.24 bits per heavy atom. The second kappa shape index (κ2) is 9.36. The molecule has 0 unspecified atom stereocenters. The highest BCUT2D eigenvalue weighted by molar-refractivity contribution is 5.97. The Balaban J connectivity index is 1.56. The number of β-amino-alcohol motifs (C(OH)–C–C–N with tert-alkyl or cyclic N) is 1. The summed E-state index contributed by atoms with van der Waals surface area (Å²) in [6.45, 7) is 1.92. The molecule has 1 atom stereocenters. The standard InChI is InChI=1S/C22H24F3N5O3/c23-22(24,25)15-5-7-19(26-12-15)30-18-11-14(4-6-17(18)28-21(30)33)20(32)27-13-16-3-1-2-8-29(16)9-10-31/h4-7,11-12,16,31H,1-3,8-10,13H2,(H,27,32)(H,28,33)/t16-/m1/s1. The highest BCUT2D eigenvalue weighted by Crippen LogP contribution is 2.29. The number of aromatic nitrogens is 3. The number of rotatable bonds is 6. The van der Waals surface area contributed by atoms with Crippen LogP contribution in [0.3, 0.4) is 0 Å². The molecule has 0 saturated carbocycles. The van der Waals surface area contributed by atoms with Crippen LogP contribution in [0, 0.1) is 0 Å². The van der Waals surface area contributed by atoms with Gasteiger partial charge in [-0.15, -0.1) is 0 Å². The molecule has 176 valence electrons. The zero-order valence-corrected chi connectivity index (χ0v) is 17.7. The topological polar surface area (TPSA) is 103 Å². The van der Waals surface area contributed by atoms with E-state index in [1.165, 1.54) is 6.07 Å². The predicted octanol–water partition coefficient (Wildman–Crippen LogP) is 2.31. The van der Waals surface area contributed by atoms with E-state index in [2.05, 4.69) is 20.2 Å². The van der Waals surface area contributed by atoms with Crippen LogP contribution in [-0.4, -0.2) is 62.7 Å². The molecule has 3 heterocycles. The zero-order valence-electron chi connectivity index (χ0n) is 17.7. The fraction of sp³-hybridized carbons (Fsp3) is 0.409. The first-order valence-corrected chi connectivity index (χ1v) is 10.7. The maximum absolute atomic E-state index is 12.8. The van der Waals surface area contributed by atoms with Gasteiger partial charge in [-0.1, -0.05) is 6.42 Å². The zero-order chi connectivity index (χ0) is 23.6. The summed E-state index contributed by atoms with van der Waals surface area (Å²) in [6, 6.07) is 6.76. The van der Waals surface area contributed by atoms with E-state index >= 15 is 0 Å². The minimum atomic E-state index is -4.53. The molecular weight excluding hydrogens is 439 g/mol. The highest BCUT2D eigenvalue weighted by atomic mass is 19.4. The minimum Gasteiger partial charge on any atom is -0.395 e. The molecule has 2 aromatic heterocycles. The number of benzene rings is 1. The number of halogens is 3. The van der Waals surface area contributed by atoms with Crippen molar-refractivity contribution in [2.24, 2.45) is 0 Å². The Morgan fingerprint density at radius 3 is 2.76 bits per heavy atom. The first-order valence-electron chi connectivity index (χ1n) is 10.7. The molecule has 0 aliphatic carbocycles. The summed E-state index contributed by atoms with van der Waals surface area (Å²) in [5.74, 6) is -0.314. The van der Waals surface area contributed by atoms with Gasteiger partial charge < -0.3 is 15.4 Å². The smallest absolute Gasteiger partial charge is 0.395 e. The molecule has 3 N–H and O–H groups in total. The average molecular weight is 463 g/mol. The Kier molecular flexibility index (Phi) is 6.52. The number of likely N-dealkylation sites (tertiary alicyclic amines) is 1. The van der Waals surface area contributed by atoms with Crippen LogP contribution in [0.5, 0.6) is 0 Å². The third-order valence-electron chi connectivity index (χ3n) is 5.88. The second-order valence-corrected chi connectivity index (χ2v) is 8.02. The number of alkyl halides is 3. The largest absolute Gasteiger partial charge is 0.417 e. The Bertz CT molecular complexity index is 1180. The highest BCUT2D eigenvalue weighted by Gasteiger charge is 2.31. The summed E-state index contributed by atoms with van der Waals surface area (Å²) in [7, 11) is 0. The molecule has 4 rings (SSSR count). The molecule has 1 aliphatic rings. The van der Waals surface area contributed by atoms with E-state index in [-0.39, 0.29) is 24.4 Å². The molecule has 1 fully saturated rings. The summed E-state index contributed by atoms with van der Waals surface area (Å²) in [5.41, 5.74) is -0.417. The normalized spacial score (nSPS) is 17.4. The number of nitrogens with one attached hydrogen (secondary N) is 2. The minimum absolute atomic E-state index is 0.0126. The van der Waals surface area contributed by atoms with Crippen LogP contribution in [0.4, 0.5) is 13.2 Å². The fourth-order valence-corrected chi connectivity index (χ4v) is 4.18. The van der Waals surface area contributed by atoms with Gasteiger partial charge in [0.25, 0.3) is 5.91 Å². The van der Waals surface area contributed by atoms with Crippen molar-refractivity contribution in [2.45, 2.75) is 31.5 Å². The molecule has 3 aromatic rings. The molecule has 0 bridgehead atoms. The average Bonchev–Trinajstić information content (AvgIpc) is 3.13. The molecule has 8 nitrogen and oxygen atoms in total. The number of imidazole rings is 1. The molecule has 11 heteroatoms. The van der Waals surface area contributed by atoms with Crippen molar-refractivity contribution >= 4 is 16.9 Å². The summed E-state index contributed by atoms with van der Waals surface area (Å²) in [4.78, 5) is 33.8. The van der Waals surface area contributed by atoms with E-state index in [4.69, 9.17) is 0 Å². The van der Waals surface area contributed by atoms with E-state index in [0.717, 1.165) is 42.5 Å². The summed E-state index contributed by atoms with van der Waals surface area (Å²) in [6.07, 6.45) is -0.822. The van der Waals surface area contributed by atoms with Crippen LogP contribution in [-0.2, 0) is 6.18 Å². The number of pyridine rings is 1. The van der Waals surface area contributed by atoms with Gasteiger partial charge >= 0.3 is 11.9 Å². The Labute approximate surface area is 187 Å². The number of aromatic amines is 1. The van der Waals surface area contributed by atoms with E-state index < -0.39 is 17.4 Å². The van der Waals surface area contributed by atoms with Gasteiger partial charge in [0.1, 0.15) is 5.82 Å². The number of carbonyl (C=O) groups excluding carboxylic acids is 1.